The van der Waals surface area contributed by atoms with E-state index >= 15 is 0 Å². The molecule has 0 atom stereocenters. The van der Waals surface area contributed by atoms with Crippen molar-refractivity contribution < 1.29 is 4.39 Å². The first kappa shape index (κ1) is 13.7. The van der Waals surface area contributed by atoms with Crippen LogP contribution in [0.15, 0.2) is 18.2 Å². The van der Waals surface area contributed by atoms with Gasteiger partial charge in [-0.05, 0) is 56.5 Å². The lowest BCUT2D eigenvalue weighted by atomic mass is 9.97. The van der Waals surface area contributed by atoms with Crippen molar-refractivity contribution in [1.82, 2.24) is 5.32 Å². The van der Waals surface area contributed by atoms with Gasteiger partial charge < -0.3 is 15.1 Å². The van der Waals surface area contributed by atoms with Gasteiger partial charge in [0.15, 0.2) is 0 Å². The lowest BCUT2D eigenvalue weighted by Crippen LogP contribution is -2.36. The second-order valence-electron chi connectivity index (χ2n) is 6.05. The SMILES string of the molecule is CN1CCCN(CC2CCNCC2)c2cc(F)ccc21. The molecule has 0 saturated carbocycles. The number of nitrogens with one attached hydrogen (secondary N) is 1. The molecule has 0 amide bonds. The van der Waals surface area contributed by atoms with Gasteiger partial charge in [-0.25, -0.2) is 4.39 Å². The van der Waals surface area contributed by atoms with E-state index in [1.54, 1.807) is 12.1 Å². The van der Waals surface area contributed by atoms with Crippen molar-refractivity contribution in [1.29, 1.82) is 0 Å². The smallest absolute Gasteiger partial charge is 0.125 e. The van der Waals surface area contributed by atoms with Crippen LogP contribution in [0.4, 0.5) is 15.8 Å². The zero-order valence-electron chi connectivity index (χ0n) is 12.2. The molecule has 4 heteroatoms. The minimum absolute atomic E-state index is 0.130. The predicted molar refractivity (Wildman–Crippen MR) is 82.1 cm³/mol. The van der Waals surface area contributed by atoms with Crippen LogP contribution >= 0.6 is 0 Å². The molecule has 1 N–H and O–H groups in total. The minimum atomic E-state index is -0.130. The van der Waals surface area contributed by atoms with Gasteiger partial charge in [-0.2, -0.15) is 0 Å². The van der Waals surface area contributed by atoms with Gasteiger partial charge in [0, 0.05) is 26.7 Å². The Morgan fingerprint density at radius 3 is 2.80 bits per heavy atom. The van der Waals surface area contributed by atoms with E-state index in [0.29, 0.717) is 0 Å². The van der Waals surface area contributed by atoms with Crippen LogP contribution in [0.2, 0.25) is 0 Å². The number of fused-ring (bicyclic) bond motifs is 1. The second kappa shape index (κ2) is 6.00. The standard InChI is InChI=1S/C16H24FN3/c1-19-9-2-10-20(12-13-5-7-18-8-6-13)16-11-14(17)3-4-15(16)19/h3-4,11,13,18H,2,5-10,12H2,1H3. The second-order valence-corrected chi connectivity index (χ2v) is 6.05. The van der Waals surface area contributed by atoms with E-state index in [1.807, 2.05) is 6.07 Å². The molecule has 1 aromatic rings. The average Bonchev–Trinajstić information content (AvgIpc) is 2.60. The van der Waals surface area contributed by atoms with Gasteiger partial charge >= 0.3 is 0 Å². The molecular formula is C16H24FN3. The summed E-state index contributed by atoms with van der Waals surface area (Å²) in [5.74, 6) is 0.602. The first-order chi connectivity index (χ1) is 9.74. The highest BCUT2D eigenvalue weighted by atomic mass is 19.1. The Bertz CT molecular complexity index is 457. The zero-order valence-corrected chi connectivity index (χ0v) is 12.2. The molecule has 2 aliphatic heterocycles. The summed E-state index contributed by atoms with van der Waals surface area (Å²) in [6, 6.07) is 5.20. The summed E-state index contributed by atoms with van der Waals surface area (Å²) in [7, 11) is 2.10. The molecule has 3 rings (SSSR count). The van der Waals surface area contributed by atoms with Crippen molar-refractivity contribution in [3.63, 3.8) is 0 Å². The van der Waals surface area contributed by atoms with Crippen molar-refractivity contribution in [2.75, 3.05) is 49.6 Å². The van der Waals surface area contributed by atoms with Gasteiger partial charge in [0.1, 0.15) is 5.82 Å². The van der Waals surface area contributed by atoms with Crippen molar-refractivity contribution in [3.8, 4) is 0 Å². The molecule has 0 radical (unpaired) electrons. The van der Waals surface area contributed by atoms with Crippen LogP contribution in [0, 0.1) is 11.7 Å². The van der Waals surface area contributed by atoms with Gasteiger partial charge in [0.2, 0.25) is 0 Å². The fourth-order valence-electron chi connectivity index (χ4n) is 3.38. The normalized spacial score (nSPS) is 20.7. The highest BCUT2D eigenvalue weighted by Crippen LogP contribution is 2.33. The maximum absolute atomic E-state index is 13.7. The Hall–Kier alpha value is -1.29. The molecule has 0 aliphatic carbocycles. The minimum Gasteiger partial charge on any atom is -0.373 e. The summed E-state index contributed by atoms with van der Waals surface area (Å²) >= 11 is 0. The van der Waals surface area contributed by atoms with Gasteiger partial charge in [-0.1, -0.05) is 0 Å². The molecule has 2 heterocycles. The fourth-order valence-corrected chi connectivity index (χ4v) is 3.38. The van der Waals surface area contributed by atoms with Crippen molar-refractivity contribution in [2.45, 2.75) is 19.3 Å². The predicted octanol–water partition coefficient (Wildman–Crippen LogP) is 2.47. The van der Waals surface area contributed by atoms with Gasteiger partial charge in [-0.3, -0.25) is 0 Å². The molecule has 1 saturated heterocycles. The molecular weight excluding hydrogens is 253 g/mol. The van der Waals surface area contributed by atoms with Crippen LogP contribution in [-0.4, -0.2) is 39.8 Å². The molecule has 20 heavy (non-hydrogen) atoms. The number of halogens is 1. The Morgan fingerprint density at radius 1 is 1.20 bits per heavy atom. The Balaban J connectivity index is 1.83. The number of piperidine rings is 1. The van der Waals surface area contributed by atoms with Crippen LogP contribution in [-0.2, 0) is 0 Å². The molecule has 1 fully saturated rings. The van der Waals surface area contributed by atoms with Crippen LogP contribution in [0.1, 0.15) is 19.3 Å². The van der Waals surface area contributed by atoms with Gasteiger partial charge in [0.05, 0.1) is 11.4 Å². The molecule has 0 bridgehead atoms. The van der Waals surface area contributed by atoms with E-state index < -0.39 is 0 Å². The van der Waals surface area contributed by atoms with E-state index in [0.717, 1.165) is 56.4 Å². The van der Waals surface area contributed by atoms with Gasteiger partial charge in [-0.15, -0.1) is 0 Å². The lowest BCUT2D eigenvalue weighted by molar-refractivity contribution is 0.373. The van der Waals surface area contributed by atoms with E-state index in [2.05, 4.69) is 22.2 Å². The van der Waals surface area contributed by atoms with E-state index in [4.69, 9.17) is 0 Å². The molecule has 110 valence electrons. The highest BCUT2D eigenvalue weighted by molar-refractivity contribution is 5.72. The van der Waals surface area contributed by atoms with Crippen LogP contribution < -0.4 is 15.1 Å². The molecule has 2 aliphatic rings. The molecule has 0 aromatic heterocycles. The summed E-state index contributed by atoms with van der Waals surface area (Å²) in [5, 5.41) is 3.41. The third-order valence-corrected chi connectivity index (χ3v) is 4.55. The average molecular weight is 277 g/mol. The summed E-state index contributed by atoms with van der Waals surface area (Å²) in [6.45, 7) is 5.38. The quantitative estimate of drug-likeness (QED) is 0.896. The van der Waals surface area contributed by atoms with Crippen LogP contribution in [0.3, 0.4) is 0 Å². The van der Waals surface area contributed by atoms with Gasteiger partial charge in [0.25, 0.3) is 0 Å². The molecule has 0 unspecified atom stereocenters. The fraction of sp³-hybridized carbons (Fsp3) is 0.625. The molecule has 0 spiro atoms. The van der Waals surface area contributed by atoms with E-state index in [-0.39, 0.29) is 5.82 Å². The van der Waals surface area contributed by atoms with E-state index in [1.165, 1.54) is 12.8 Å². The molecule has 3 nitrogen and oxygen atoms in total. The number of nitrogens with zero attached hydrogens (tertiary/aromatic N) is 2. The number of anilines is 2. The zero-order chi connectivity index (χ0) is 13.9. The lowest BCUT2D eigenvalue weighted by Gasteiger charge is -2.32. The first-order valence-corrected chi connectivity index (χ1v) is 7.70. The molecule has 1 aromatic carbocycles. The van der Waals surface area contributed by atoms with Crippen molar-refractivity contribution in [2.24, 2.45) is 5.92 Å². The summed E-state index contributed by atoms with van der Waals surface area (Å²) < 4.78 is 13.7. The number of rotatable bonds is 2. The van der Waals surface area contributed by atoms with Crippen molar-refractivity contribution in [3.05, 3.63) is 24.0 Å². The largest absolute Gasteiger partial charge is 0.373 e. The third-order valence-electron chi connectivity index (χ3n) is 4.55. The number of hydrogen-bond donors (Lipinski definition) is 1. The van der Waals surface area contributed by atoms with Crippen molar-refractivity contribution >= 4 is 11.4 Å². The third kappa shape index (κ3) is 2.90. The van der Waals surface area contributed by atoms with E-state index in [9.17, 15) is 4.39 Å². The maximum Gasteiger partial charge on any atom is 0.125 e. The Morgan fingerprint density at radius 2 is 2.00 bits per heavy atom. The number of benzene rings is 1. The maximum atomic E-state index is 13.7. The number of hydrogen-bond acceptors (Lipinski definition) is 3. The highest BCUT2D eigenvalue weighted by Gasteiger charge is 2.22. The van der Waals surface area contributed by atoms with Crippen LogP contribution in [0.25, 0.3) is 0 Å². The van der Waals surface area contributed by atoms with Crippen LogP contribution in [0.5, 0.6) is 0 Å². The summed E-state index contributed by atoms with van der Waals surface area (Å²) in [6.07, 6.45) is 3.60. The first-order valence-electron chi connectivity index (χ1n) is 7.70. The summed E-state index contributed by atoms with van der Waals surface area (Å²) in [5.41, 5.74) is 2.24. The monoisotopic (exact) mass is 277 g/mol. The topological polar surface area (TPSA) is 18.5 Å². The summed E-state index contributed by atoms with van der Waals surface area (Å²) in [4.78, 5) is 4.65. The Labute approximate surface area is 120 Å². The Kier molecular flexibility index (Phi) is 4.10.